The number of aromatic nitrogens is 1. The van der Waals surface area contributed by atoms with E-state index in [1.807, 2.05) is 31.2 Å². The van der Waals surface area contributed by atoms with Gasteiger partial charge in [0.1, 0.15) is 34.4 Å². The molecule has 232 valence electrons. The van der Waals surface area contributed by atoms with E-state index in [1.54, 1.807) is 26.8 Å². The number of nitrogens with one attached hydrogen (secondary N) is 2. The summed E-state index contributed by atoms with van der Waals surface area (Å²) < 4.78 is 40.0. The van der Waals surface area contributed by atoms with Gasteiger partial charge in [-0.25, -0.2) is 18.2 Å². The van der Waals surface area contributed by atoms with Crippen molar-refractivity contribution < 1.29 is 27.5 Å². The van der Waals surface area contributed by atoms with Crippen LogP contribution in [0.3, 0.4) is 0 Å². The van der Waals surface area contributed by atoms with Gasteiger partial charge in [-0.1, -0.05) is 41.4 Å². The molecule has 0 aliphatic carbocycles. The van der Waals surface area contributed by atoms with Crippen LogP contribution in [0.5, 0.6) is 5.75 Å². The van der Waals surface area contributed by atoms with Crippen molar-refractivity contribution in [3.8, 4) is 5.75 Å². The zero-order valence-corrected chi connectivity index (χ0v) is 26.9. The zero-order valence-electron chi connectivity index (χ0n) is 24.6. The number of nitrogens with zero attached hydrogens (tertiary/aromatic N) is 2. The lowest BCUT2D eigenvalue weighted by Gasteiger charge is -2.24. The fourth-order valence-corrected chi connectivity index (χ4v) is 7.25. The molecule has 0 saturated carbocycles. The van der Waals surface area contributed by atoms with Gasteiger partial charge in [0.2, 0.25) is 15.9 Å². The Kier molecular flexibility index (Phi) is 10.4. The Labute approximate surface area is 262 Å². The van der Waals surface area contributed by atoms with E-state index in [-0.39, 0.29) is 34.6 Å². The molecule has 4 rings (SSSR count). The van der Waals surface area contributed by atoms with E-state index < -0.39 is 33.7 Å². The highest BCUT2D eigenvalue weighted by Gasteiger charge is 2.40. The Morgan fingerprint density at radius 2 is 1.81 bits per heavy atom. The number of amides is 2. The lowest BCUT2D eigenvalue weighted by Crippen LogP contribution is -2.46. The number of aryl methyl sites for hydroxylation is 1. The van der Waals surface area contributed by atoms with E-state index in [0.29, 0.717) is 42.6 Å². The molecule has 2 aromatic carbocycles. The quantitative estimate of drug-likeness (QED) is 0.273. The second-order valence-electron chi connectivity index (χ2n) is 11.3. The summed E-state index contributed by atoms with van der Waals surface area (Å²) in [5.74, 6) is 0.102. The van der Waals surface area contributed by atoms with E-state index in [0.717, 1.165) is 11.1 Å². The number of carbonyl (C=O) groups is 2. The number of fused-ring (bicyclic) bond motifs is 1. The maximum atomic E-state index is 13.8. The fourth-order valence-electron chi connectivity index (χ4n) is 4.73. The third-order valence-electron chi connectivity index (χ3n) is 6.76. The molecule has 0 radical (unpaired) electrons. The van der Waals surface area contributed by atoms with Crippen LogP contribution in [0, 0.1) is 6.92 Å². The van der Waals surface area contributed by atoms with E-state index in [9.17, 15) is 18.0 Å². The number of hydrogen-bond donors (Lipinski definition) is 2. The van der Waals surface area contributed by atoms with Crippen molar-refractivity contribution in [3.63, 3.8) is 0 Å². The predicted molar refractivity (Wildman–Crippen MR) is 166 cm³/mol. The van der Waals surface area contributed by atoms with Gasteiger partial charge in [0, 0.05) is 41.3 Å². The molecule has 1 aliphatic heterocycles. The van der Waals surface area contributed by atoms with Gasteiger partial charge in [0.25, 0.3) is 0 Å². The highest BCUT2D eigenvalue weighted by Crippen LogP contribution is 2.36. The third kappa shape index (κ3) is 8.08. The highest BCUT2D eigenvalue weighted by molar-refractivity contribution is 7.89. The summed E-state index contributed by atoms with van der Waals surface area (Å²) in [6, 6.07) is 11.3. The second kappa shape index (κ2) is 13.7. The first-order valence-corrected chi connectivity index (χ1v) is 16.2. The van der Waals surface area contributed by atoms with E-state index in [1.165, 1.54) is 16.4 Å². The van der Waals surface area contributed by atoms with Crippen LogP contribution < -0.4 is 15.4 Å². The minimum absolute atomic E-state index is 0.0591. The van der Waals surface area contributed by atoms with Crippen LogP contribution in [0.4, 0.5) is 4.79 Å². The van der Waals surface area contributed by atoms with Crippen molar-refractivity contribution >= 4 is 56.1 Å². The monoisotopic (exact) mass is 650 g/mol. The van der Waals surface area contributed by atoms with Crippen LogP contribution in [0.1, 0.15) is 51.3 Å². The van der Waals surface area contributed by atoms with Crippen LogP contribution in [0.25, 0.3) is 10.9 Å². The van der Waals surface area contributed by atoms with Gasteiger partial charge in [-0.2, -0.15) is 4.31 Å². The minimum Gasteiger partial charge on any atom is -0.487 e. The van der Waals surface area contributed by atoms with Crippen LogP contribution >= 0.6 is 23.2 Å². The van der Waals surface area contributed by atoms with Crippen molar-refractivity contribution in [2.75, 3.05) is 19.6 Å². The molecule has 10 nitrogen and oxygen atoms in total. The van der Waals surface area contributed by atoms with Crippen LogP contribution in [0.2, 0.25) is 10.0 Å². The molecule has 43 heavy (non-hydrogen) atoms. The summed E-state index contributed by atoms with van der Waals surface area (Å²) in [6.07, 6.45) is 0.797. The van der Waals surface area contributed by atoms with E-state index >= 15 is 0 Å². The Morgan fingerprint density at radius 3 is 2.56 bits per heavy atom. The van der Waals surface area contributed by atoms with Crippen molar-refractivity contribution in [3.05, 3.63) is 63.8 Å². The summed E-state index contributed by atoms with van der Waals surface area (Å²) in [7, 11) is -4.15. The Balaban J connectivity index is 1.43. The Bertz CT molecular complexity index is 1610. The number of para-hydroxylation sites is 1. The van der Waals surface area contributed by atoms with Gasteiger partial charge in [-0.3, -0.25) is 4.79 Å². The summed E-state index contributed by atoms with van der Waals surface area (Å²) in [4.78, 5) is 29.2. The molecule has 2 amide bonds. The summed E-state index contributed by atoms with van der Waals surface area (Å²) in [5.41, 5.74) is 1.20. The standard InChI is InChI=1S/C30H36Cl2N4O6S/c1-19-11-12-20-8-5-10-24(27(20)35-19)41-18-21-22(31)13-14-25(26(21)32)43(39,40)36-17-6-9-23(36)28(37)33-15-7-16-34-29(38)42-30(2,3)4/h5,8,10-14,23H,6-7,9,15-18H2,1-4H3,(H,33,37)(H,34,38)/t23-/m0/s1. The normalized spacial score (nSPS) is 15.8. The number of ether oxygens (including phenoxy) is 2. The molecule has 1 atom stereocenters. The number of pyridine rings is 1. The summed E-state index contributed by atoms with van der Waals surface area (Å²) in [6.45, 7) is 7.82. The van der Waals surface area contributed by atoms with Crippen molar-refractivity contribution in [1.82, 2.24) is 19.9 Å². The van der Waals surface area contributed by atoms with Gasteiger partial charge < -0.3 is 20.1 Å². The lowest BCUT2D eigenvalue weighted by molar-refractivity contribution is -0.124. The van der Waals surface area contributed by atoms with E-state index in [2.05, 4.69) is 15.6 Å². The maximum Gasteiger partial charge on any atom is 0.407 e. The summed E-state index contributed by atoms with van der Waals surface area (Å²) in [5, 5.41) is 6.49. The molecular weight excluding hydrogens is 615 g/mol. The number of sulfonamides is 1. The Hall–Kier alpha value is -3.12. The molecule has 0 bridgehead atoms. The Morgan fingerprint density at radius 1 is 1.07 bits per heavy atom. The van der Waals surface area contributed by atoms with Gasteiger partial charge in [-0.05, 0) is 71.2 Å². The first kappa shape index (κ1) is 32.8. The number of halogens is 2. The molecule has 0 spiro atoms. The molecule has 3 aromatic rings. The first-order valence-electron chi connectivity index (χ1n) is 14.0. The average molecular weight is 652 g/mol. The van der Waals surface area contributed by atoms with Crippen molar-refractivity contribution in [2.45, 2.75) is 70.1 Å². The minimum atomic E-state index is -4.15. The van der Waals surface area contributed by atoms with Gasteiger partial charge in [0.05, 0.1) is 5.02 Å². The number of carbonyl (C=O) groups excluding carboxylic acids is 2. The summed E-state index contributed by atoms with van der Waals surface area (Å²) >= 11 is 13.1. The number of hydrogen-bond acceptors (Lipinski definition) is 7. The molecular formula is C30H36Cl2N4O6S. The SMILES string of the molecule is Cc1ccc2cccc(OCc3c(Cl)ccc(S(=O)(=O)N4CCC[C@H]4C(=O)NCCCNC(=O)OC(C)(C)C)c3Cl)c2n1. The highest BCUT2D eigenvalue weighted by atomic mass is 35.5. The largest absolute Gasteiger partial charge is 0.487 e. The molecule has 2 N–H and O–H groups in total. The number of rotatable bonds is 10. The predicted octanol–water partition coefficient (Wildman–Crippen LogP) is 5.61. The van der Waals surface area contributed by atoms with Crippen molar-refractivity contribution in [2.24, 2.45) is 0 Å². The second-order valence-corrected chi connectivity index (χ2v) is 13.9. The molecule has 2 heterocycles. The fraction of sp³-hybridized carbons (Fsp3) is 0.433. The lowest BCUT2D eigenvalue weighted by atomic mass is 10.2. The maximum absolute atomic E-state index is 13.8. The number of benzene rings is 2. The zero-order chi connectivity index (χ0) is 31.4. The number of alkyl carbamates (subject to hydrolysis) is 1. The molecule has 0 unspecified atom stereocenters. The van der Waals surface area contributed by atoms with Crippen LogP contribution in [-0.2, 0) is 26.2 Å². The average Bonchev–Trinajstić information content (AvgIpc) is 3.43. The van der Waals surface area contributed by atoms with Gasteiger partial charge in [-0.15, -0.1) is 0 Å². The van der Waals surface area contributed by atoms with Gasteiger partial charge >= 0.3 is 6.09 Å². The molecule has 13 heteroatoms. The van der Waals surface area contributed by atoms with Crippen molar-refractivity contribution in [1.29, 1.82) is 0 Å². The van der Waals surface area contributed by atoms with E-state index in [4.69, 9.17) is 32.7 Å². The molecule has 1 saturated heterocycles. The third-order valence-corrected chi connectivity index (χ3v) is 9.61. The smallest absolute Gasteiger partial charge is 0.407 e. The molecule has 1 aliphatic rings. The molecule has 1 fully saturated rings. The topological polar surface area (TPSA) is 127 Å². The van der Waals surface area contributed by atoms with Gasteiger partial charge in [0.15, 0.2) is 0 Å². The molecule has 1 aromatic heterocycles. The van der Waals surface area contributed by atoms with Crippen LogP contribution in [0.15, 0.2) is 47.4 Å². The van der Waals surface area contributed by atoms with Crippen LogP contribution in [-0.4, -0.2) is 61.0 Å². The first-order chi connectivity index (χ1) is 20.3.